The topological polar surface area (TPSA) is 78.9 Å². The van der Waals surface area contributed by atoms with Crippen molar-refractivity contribution < 1.29 is 19.4 Å². The molecule has 0 radical (unpaired) electrons. The Hall–Kier alpha value is -1.14. The van der Waals surface area contributed by atoms with Crippen molar-refractivity contribution in [2.75, 3.05) is 32.8 Å². The normalized spacial score (nSPS) is 26.7. The summed E-state index contributed by atoms with van der Waals surface area (Å²) in [5, 5.41) is 11.7. The van der Waals surface area contributed by atoms with Gasteiger partial charge in [-0.3, -0.25) is 14.5 Å². The molecule has 2 unspecified atom stereocenters. The van der Waals surface area contributed by atoms with Crippen molar-refractivity contribution in [2.24, 2.45) is 5.92 Å². The molecule has 0 aromatic heterocycles. The molecule has 0 aromatic rings. The maximum Gasteiger partial charge on any atom is 0.303 e. The van der Waals surface area contributed by atoms with E-state index in [1.165, 1.54) is 0 Å². The first kappa shape index (κ1) is 16.2. The van der Waals surface area contributed by atoms with E-state index in [0.717, 1.165) is 45.4 Å². The summed E-state index contributed by atoms with van der Waals surface area (Å²) in [6.45, 7) is 3.58. The number of nitrogens with zero attached hydrogens (tertiary/aromatic N) is 1. The summed E-state index contributed by atoms with van der Waals surface area (Å²) < 4.78 is 5.48. The Morgan fingerprint density at radius 2 is 2.14 bits per heavy atom. The SMILES string of the molecule is O=C(O)CCC1CCCN(CC(=O)NCC2CCCO2)C1. The lowest BCUT2D eigenvalue weighted by molar-refractivity contribution is -0.137. The highest BCUT2D eigenvalue weighted by molar-refractivity contribution is 5.78. The summed E-state index contributed by atoms with van der Waals surface area (Å²) in [4.78, 5) is 24.7. The molecule has 2 aliphatic rings. The van der Waals surface area contributed by atoms with E-state index in [4.69, 9.17) is 9.84 Å². The van der Waals surface area contributed by atoms with Gasteiger partial charge < -0.3 is 15.2 Å². The first-order valence-electron chi connectivity index (χ1n) is 7.96. The average Bonchev–Trinajstić information content (AvgIpc) is 2.97. The number of hydrogen-bond acceptors (Lipinski definition) is 4. The fourth-order valence-corrected chi connectivity index (χ4v) is 3.15. The van der Waals surface area contributed by atoms with Gasteiger partial charge in [-0.25, -0.2) is 0 Å². The fourth-order valence-electron chi connectivity index (χ4n) is 3.15. The molecule has 0 aliphatic carbocycles. The Balaban J connectivity index is 1.64. The molecule has 6 heteroatoms. The van der Waals surface area contributed by atoms with E-state index >= 15 is 0 Å². The van der Waals surface area contributed by atoms with Crippen molar-refractivity contribution in [1.29, 1.82) is 0 Å². The molecule has 0 bridgehead atoms. The lowest BCUT2D eigenvalue weighted by Gasteiger charge is -2.32. The van der Waals surface area contributed by atoms with Crippen molar-refractivity contribution in [3.05, 3.63) is 0 Å². The van der Waals surface area contributed by atoms with E-state index in [1.807, 2.05) is 0 Å². The molecule has 120 valence electrons. The molecular weight excluding hydrogens is 272 g/mol. The number of aliphatic carboxylic acids is 1. The molecular formula is C15H26N2O4. The molecule has 2 heterocycles. The molecule has 2 saturated heterocycles. The second-order valence-electron chi connectivity index (χ2n) is 6.11. The number of amides is 1. The van der Waals surface area contributed by atoms with Crippen molar-refractivity contribution in [3.63, 3.8) is 0 Å². The van der Waals surface area contributed by atoms with Crippen LogP contribution in [0.4, 0.5) is 0 Å². The third-order valence-corrected chi connectivity index (χ3v) is 4.29. The molecule has 0 aromatic carbocycles. The van der Waals surface area contributed by atoms with Crippen LogP contribution in [0.15, 0.2) is 0 Å². The Morgan fingerprint density at radius 3 is 2.86 bits per heavy atom. The van der Waals surface area contributed by atoms with Crippen LogP contribution in [0.1, 0.15) is 38.5 Å². The number of piperidine rings is 1. The molecule has 0 saturated carbocycles. The van der Waals surface area contributed by atoms with Crippen LogP contribution in [-0.4, -0.2) is 60.8 Å². The Kier molecular flexibility index (Phi) is 6.45. The van der Waals surface area contributed by atoms with Gasteiger partial charge in [-0.15, -0.1) is 0 Å². The third kappa shape index (κ3) is 6.01. The summed E-state index contributed by atoms with van der Waals surface area (Å²) in [5.74, 6) is -0.286. The first-order valence-corrected chi connectivity index (χ1v) is 7.96. The molecule has 6 nitrogen and oxygen atoms in total. The predicted molar refractivity (Wildman–Crippen MR) is 78.0 cm³/mol. The standard InChI is InChI=1S/C15H26N2O4/c18-14(16-9-13-4-2-8-21-13)11-17-7-1-3-12(10-17)5-6-15(19)20/h12-13H,1-11H2,(H,16,18)(H,19,20). The monoisotopic (exact) mass is 298 g/mol. The molecule has 2 atom stereocenters. The van der Waals surface area contributed by atoms with E-state index in [2.05, 4.69) is 10.2 Å². The third-order valence-electron chi connectivity index (χ3n) is 4.29. The minimum Gasteiger partial charge on any atom is -0.481 e. The number of likely N-dealkylation sites (tertiary alicyclic amines) is 1. The minimum absolute atomic E-state index is 0.0457. The van der Waals surface area contributed by atoms with Crippen molar-refractivity contribution >= 4 is 11.9 Å². The maximum atomic E-state index is 11.9. The van der Waals surface area contributed by atoms with Gasteiger partial charge in [0.15, 0.2) is 0 Å². The van der Waals surface area contributed by atoms with Gasteiger partial charge in [-0.2, -0.15) is 0 Å². The molecule has 21 heavy (non-hydrogen) atoms. The molecule has 2 N–H and O–H groups in total. The van der Waals surface area contributed by atoms with Crippen molar-refractivity contribution in [1.82, 2.24) is 10.2 Å². The number of carbonyl (C=O) groups excluding carboxylic acids is 1. The number of carboxylic acids is 1. The summed E-state index contributed by atoms with van der Waals surface area (Å²) >= 11 is 0. The first-order chi connectivity index (χ1) is 10.1. The van der Waals surface area contributed by atoms with Crippen molar-refractivity contribution in [3.8, 4) is 0 Å². The maximum absolute atomic E-state index is 11.9. The fraction of sp³-hybridized carbons (Fsp3) is 0.867. The molecule has 2 rings (SSSR count). The van der Waals surface area contributed by atoms with Crippen LogP contribution in [0.3, 0.4) is 0 Å². The number of carbonyl (C=O) groups is 2. The predicted octanol–water partition coefficient (Wildman–Crippen LogP) is 0.858. The quantitative estimate of drug-likeness (QED) is 0.729. The van der Waals surface area contributed by atoms with E-state index in [-0.39, 0.29) is 18.4 Å². The van der Waals surface area contributed by atoms with Crippen LogP contribution in [0, 0.1) is 5.92 Å². The Morgan fingerprint density at radius 1 is 1.29 bits per heavy atom. The molecule has 0 spiro atoms. The van der Waals surface area contributed by atoms with E-state index < -0.39 is 5.97 Å². The lowest BCUT2D eigenvalue weighted by Crippen LogP contribution is -2.44. The van der Waals surface area contributed by atoms with Crippen LogP contribution >= 0.6 is 0 Å². The minimum atomic E-state index is -0.735. The van der Waals surface area contributed by atoms with Gasteiger partial charge in [-0.1, -0.05) is 0 Å². The Labute approximate surface area is 125 Å². The van der Waals surface area contributed by atoms with Gasteiger partial charge >= 0.3 is 5.97 Å². The number of ether oxygens (including phenoxy) is 1. The second-order valence-corrected chi connectivity index (χ2v) is 6.11. The lowest BCUT2D eigenvalue weighted by atomic mass is 9.93. The molecule has 2 aliphatic heterocycles. The van der Waals surface area contributed by atoms with Crippen LogP contribution in [0.2, 0.25) is 0 Å². The van der Waals surface area contributed by atoms with E-state index in [1.54, 1.807) is 0 Å². The van der Waals surface area contributed by atoms with Crippen LogP contribution in [0.5, 0.6) is 0 Å². The summed E-state index contributed by atoms with van der Waals surface area (Å²) in [7, 11) is 0. The molecule has 2 fully saturated rings. The highest BCUT2D eigenvalue weighted by Crippen LogP contribution is 2.20. The average molecular weight is 298 g/mol. The van der Waals surface area contributed by atoms with Gasteiger partial charge in [0, 0.05) is 26.1 Å². The van der Waals surface area contributed by atoms with Gasteiger partial charge in [-0.05, 0) is 44.6 Å². The van der Waals surface area contributed by atoms with Crippen molar-refractivity contribution in [2.45, 2.75) is 44.6 Å². The largest absolute Gasteiger partial charge is 0.481 e. The zero-order valence-electron chi connectivity index (χ0n) is 12.6. The van der Waals surface area contributed by atoms with Crippen LogP contribution in [0.25, 0.3) is 0 Å². The van der Waals surface area contributed by atoms with E-state index in [0.29, 0.717) is 25.4 Å². The zero-order chi connectivity index (χ0) is 15.1. The summed E-state index contributed by atoms with van der Waals surface area (Å²) in [5.41, 5.74) is 0. The second kappa shape index (κ2) is 8.34. The van der Waals surface area contributed by atoms with Gasteiger partial charge in [0.1, 0.15) is 0 Å². The van der Waals surface area contributed by atoms with Crippen LogP contribution < -0.4 is 5.32 Å². The highest BCUT2D eigenvalue weighted by atomic mass is 16.5. The number of rotatable bonds is 7. The smallest absolute Gasteiger partial charge is 0.303 e. The van der Waals surface area contributed by atoms with E-state index in [9.17, 15) is 9.59 Å². The number of nitrogens with one attached hydrogen (secondary N) is 1. The molecule has 1 amide bonds. The van der Waals surface area contributed by atoms with Gasteiger partial charge in [0.2, 0.25) is 5.91 Å². The van der Waals surface area contributed by atoms with Gasteiger partial charge in [0.25, 0.3) is 0 Å². The number of carboxylic acid groups (broad SMARTS) is 1. The van der Waals surface area contributed by atoms with Crippen LogP contribution in [-0.2, 0) is 14.3 Å². The zero-order valence-corrected chi connectivity index (χ0v) is 12.6. The van der Waals surface area contributed by atoms with Gasteiger partial charge in [0.05, 0.1) is 12.6 Å². The summed E-state index contributed by atoms with van der Waals surface area (Å²) in [6, 6.07) is 0. The number of hydrogen-bond donors (Lipinski definition) is 2. The Bertz CT molecular complexity index is 356. The highest BCUT2D eigenvalue weighted by Gasteiger charge is 2.22. The summed E-state index contributed by atoms with van der Waals surface area (Å²) in [6.07, 6.45) is 5.34.